The second-order valence-corrected chi connectivity index (χ2v) is 9.23. The minimum atomic E-state index is -0.505. The molecule has 0 radical (unpaired) electrons. The first kappa shape index (κ1) is 27.0. The number of esters is 1. The monoisotopic (exact) mass is 504 g/mol. The summed E-state index contributed by atoms with van der Waals surface area (Å²) >= 11 is 0. The number of methoxy groups -OCH3 is 1. The Bertz CT molecular complexity index is 1000. The van der Waals surface area contributed by atoms with Crippen molar-refractivity contribution in [2.75, 3.05) is 7.11 Å². The Morgan fingerprint density at radius 1 is 0.811 bits per heavy atom. The van der Waals surface area contributed by atoms with Crippen LogP contribution in [-0.2, 0) is 41.7 Å². The predicted octanol–water partition coefficient (Wildman–Crippen LogP) is 6.35. The van der Waals surface area contributed by atoms with Crippen LogP contribution in [0.5, 0.6) is 0 Å². The highest BCUT2D eigenvalue weighted by Gasteiger charge is 2.32. The van der Waals surface area contributed by atoms with Crippen LogP contribution in [-0.4, -0.2) is 31.6 Å². The Balaban J connectivity index is 1.34. The van der Waals surface area contributed by atoms with E-state index < -0.39 is 6.29 Å². The lowest BCUT2D eigenvalue weighted by Crippen LogP contribution is -2.35. The van der Waals surface area contributed by atoms with Crippen LogP contribution in [0.15, 0.2) is 91.0 Å². The zero-order valence-electron chi connectivity index (χ0n) is 21.4. The van der Waals surface area contributed by atoms with E-state index in [2.05, 4.69) is 24.3 Å². The summed E-state index contributed by atoms with van der Waals surface area (Å²) in [5.74, 6) is -0.277. The normalized spacial score (nSPS) is 19.6. The molecule has 3 aromatic carbocycles. The molecule has 1 heterocycles. The molecule has 0 amide bonds. The van der Waals surface area contributed by atoms with E-state index in [4.69, 9.17) is 23.7 Å². The number of ether oxygens (including phenoxy) is 5. The molecule has 1 saturated heterocycles. The Kier molecular flexibility index (Phi) is 10.7. The number of carbonyl (C=O) groups is 1. The minimum absolute atomic E-state index is 0.0440. The van der Waals surface area contributed by atoms with E-state index in [1.54, 1.807) is 0 Å². The van der Waals surface area contributed by atoms with E-state index >= 15 is 0 Å². The van der Waals surface area contributed by atoms with Crippen LogP contribution < -0.4 is 0 Å². The van der Waals surface area contributed by atoms with Crippen molar-refractivity contribution in [3.8, 4) is 0 Å². The van der Waals surface area contributed by atoms with E-state index in [-0.39, 0.29) is 30.9 Å². The topological polar surface area (TPSA) is 63.2 Å². The van der Waals surface area contributed by atoms with Gasteiger partial charge in [-0.1, -0.05) is 91.0 Å². The van der Waals surface area contributed by atoms with Gasteiger partial charge in [-0.3, -0.25) is 4.79 Å². The van der Waals surface area contributed by atoms with Gasteiger partial charge in [0.05, 0.1) is 39.0 Å². The number of carbonyl (C=O) groups excluding carboxylic acids is 1. The van der Waals surface area contributed by atoms with Gasteiger partial charge in [-0.25, -0.2) is 0 Å². The Labute approximate surface area is 219 Å². The van der Waals surface area contributed by atoms with Gasteiger partial charge in [0.2, 0.25) is 0 Å². The highest BCUT2D eigenvalue weighted by atomic mass is 16.7. The molecule has 0 unspecified atom stereocenters. The van der Waals surface area contributed by atoms with Crippen LogP contribution in [0.1, 0.15) is 55.1 Å². The molecule has 0 saturated carbocycles. The molecule has 0 bridgehead atoms. The molecular weight excluding hydrogens is 468 g/mol. The third-order valence-corrected chi connectivity index (χ3v) is 6.37. The zero-order chi connectivity index (χ0) is 25.7. The van der Waals surface area contributed by atoms with Gasteiger partial charge in [0.15, 0.2) is 12.6 Å². The molecule has 1 aliphatic heterocycles. The van der Waals surface area contributed by atoms with Crippen molar-refractivity contribution in [2.24, 2.45) is 0 Å². The molecular formula is C31H36O6. The van der Waals surface area contributed by atoms with Crippen molar-refractivity contribution in [2.45, 2.75) is 70.1 Å². The van der Waals surface area contributed by atoms with E-state index in [0.717, 1.165) is 36.0 Å². The number of hydrogen-bond acceptors (Lipinski definition) is 6. The molecule has 37 heavy (non-hydrogen) atoms. The minimum Gasteiger partial charge on any atom is -0.469 e. The molecule has 1 aliphatic rings. The third-order valence-electron chi connectivity index (χ3n) is 6.37. The van der Waals surface area contributed by atoms with Gasteiger partial charge in [0, 0.05) is 12.0 Å². The van der Waals surface area contributed by atoms with Gasteiger partial charge >= 0.3 is 5.97 Å². The fourth-order valence-electron chi connectivity index (χ4n) is 4.39. The van der Waals surface area contributed by atoms with Crippen molar-refractivity contribution < 1.29 is 28.5 Å². The second-order valence-electron chi connectivity index (χ2n) is 9.23. The van der Waals surface area contributed by atoms with Crippen molar-refractivity contribution in [1.29, 1.82) is 0 Å². The molecule has 6 nitrogen and oxygen atoms in total. The summed E-state index contributed by atoms with van der Waals surface area (Å²) in [6, 6.07) is 30.1. The van der Waals surface area contributed by atoms with Crippen molar-refractivity contribution in [3.05, 3.63) is 108 Å². The lowest BCUT2D eigenvalue weighted by Gasteiger charge is -2.36. The largest absolute Gasteiger partial charge is 0.469 e. The Morgan fingerprint density at radius 3 is 1.92 bits per heavy atom. The van der Waals surface area contributed by atoms with E-state index in [1.165, 1.54) is 7.11 Å². The van der Waals surface area contributed by atoms with Gasteiger partial charge in [0.1, 0.15) is 0 Å². The number of rotatable bonds is 13. The molecule has 1 fully saturated rings. The zero-order valence-corrected chi connectivity index (χ0v) is 21.4. The molecule has 0 spiro atoms. The molecule has 0 aliphatic carbocycles. The average molecular weight is 505 g/mol. The first-order valence-electron chi connectivity index (χ1n) is 12.9. The van der Waals surface area contributed by atoms with Crippen LogP contribution in [0.25, 0.3) is 0 Å². The lowest BCUT2D eigenvalue weighted by atomic mass is 10.0. The molecule has 0 N–H and O–H groups in total. The number of hydrogen-bond donors (Lipinski definition) is 0. The summed E-state index contributed by atoms with van der Waals surface area (Å²) < 4.78 is 29.6. The van der Waals surface area contributed by atoms with Gasteiger partial charge in [-0.05, 0) is 30.4 Å². The first-order chi connectivity index (χ1) is 18.2. The lowest BCUT2D eigenvalue weighted by molar-refractivity contribution is -0.251. The molecule has 4 rings (SSSR count). The predicted molar refractivity (Wildman–Crippen MR) is 140 cm³/mol. The van der Waals surface area contributed by atoms with E-state index in [9.17, 15) is 4.79 Å². The van der Waals surface area contributed by atoms with Crippen molar-refractivity contribution >= 4 is 5.97 Å². The Morgan fingerprint density at radius 2 is 1.35 bits per heavy atom. The van der Waals surface area contributed by atoms with Crippen LogP contribution in [0.2, 0.25) is 0 Å². The molecule has 3 aromatic rings. The van der Waals surface area contributed by atoms with Gasteiger partial charge in [-0.15, -0.1) is 0 Å². The van der Waals surface area contributed by atoms with Gasteiger partial charge < -0.3 is 23.7 Å². The van der Waals surface area contributed by atoms with Gasteiger partial charge in [0.25, 0.3) is 0 Å². The second kappa shape index (κ2) is 14.6. The molecule has 0 aromatic heterocycles. The fourth-order valence-corrected chi connectivity index (χ4v) is 4.39. The summed E-state index contributed by atoms with van der Waals surface area (Å²) in [5, 5.41) is 0. The molecule has 196 valence electrons. The van der Waals surface area contributed by atoms with Crippen molar-refractivity contribution in [3.63, 3.8) is 0 Å². The fraction of sp³-hybridized carbons (Fsp3) is 0.387. The van der Waals surface area contributed by atoms with Crippen LogP contribution in [0.4, 0.5) is 0 Å². The third kappa shape index (κ3) is 9.09. The molecule has 3 atom stereocenters. The highest BCUT2D eigenvalue weighted by Crippen LogP contribution is 2.33. The maximum atomic E-state index is 11.9. The maximum absolute atomic E-state index is 11.9. The highest BCUT2D eigenvalue weighted by molar-refractivity contribution is 5.69. The first-order valence-corrected chi connectivity index (χ1v) is 12.9. The van der Waals surface area contributed by atoms with Crippen LogP contribution >= 0.6 is 0 Å². The van der Waals surface area contributed by atoms with Crippen LogP contribution in [0, 0.1) is 0 Å². The standard InChI is InChI=1S/C31H36O6/c1-33-29(32)21-28-20-27(36-31(37-28)26-16-9-4-10-17-26)18-11-19-30(34-22-24-12-5-2-6-13-24)35-23-25-14-7-3-8-15-25/h2-10,12-17,27-28,30-31H,11,18-23H2,1H3/t27-,28-,31-/m0/s1. The molecule has 6 heteroatoms. The van der Waals surface area contributed by atoms with Crippen molar-refractivity contribution in [1.82, 2.24) is 0 Å². The summed E-state index contributed by atoms with van der Waals surface area (Å²) in [6.45, 7) is 0.983. The summed E-state index contributed by atoms with van der Waals surface area (Å²) in [6.07, 6.45) is 2.10. The summed E-state index contributed by atoms with van der Waals surface area (Å²) in [7, 11) is 1.40. The van der Waals surface area contributed by atoms with E-state index in [0.29, 0.717) is 19.6 Å². The average Bonchev–Trinajstić information content (AvgIpc) is 2.95. The maximum Gasteiger partial charge on any atom is 0.308 e. The Hall–Kier alpha value is -3.03. The summed E-state index contributed by atoms with van der Waals surface area (Å²) in [5.41, 5.74) is 3.16. The summed E-state index contributed by atoms with van der Waals surface area (Å²) in [4.78, 5) is 11.9. The van der Waals surface area contributed by atoms with E-state index in [1.807, 2.05) is 66.7 Å². The van der Waals surface area contributed by atoms with Crippen LogP contribution in [0.3, 0.4) is 0 Å². The quantitative estimate of drug-likeness (QED) is 0.200. The van der Waals surface area contributed by atoms with Gasteiger partial charge in [-0.2, -0.15) is 0 Å². The number of benzene rings is 3. The SMILES string of the molecule is COC(=O)C[C@@H]1C[C@H](CCCC(OCc2ccccc2)OCc2ccccc2)O[C@H](c2ccccc2)O1. The smallest absolute Gasteiger partial charge is 0.308 e.